The Morgan fingerprint density at radius 1 is 1.31 bits per heavy atom. The van der Waals surface area contributed by atoms with Crippen LogP contribution in [0.4, 0.5) is 4.39 Å². The first-order valence-corrected chi connectivity index (χ1v) is 5.90. The quantitative estimate of drug-likeness (QED) is 0.741. The molecule has 0 radical (unpaired) electrons. The van der Waals surface area contributed by atoms with Crippen molar-refractivity contribution in [3.63, 3.8) is 0 Å². The third-order valence-corrected chi connectivity index (χ3v) is 3.71. The van der Waals surface area contributed by atoms with E-state index in [2.05, 4.69) is 31.9 Å². The molecule has 0 heterocycles. The highest BCUT2D eigenvalue weighted by Gasteiger charge is 1.94. The summed E-state index contributed by atoms with van der Waals surface area (Å²) in [6.07, 6.45) is 3.97. The van der Waals surface area contributed by atoms with Gasteiger partial charge in [0.05, 0.1) is 0 Å². The SMILES string of the molecule is Fc1ccc(/C=C/C(Br)CBr)cc1. The summed E-state index contributed by atoms with van der Waals surface area (Å²) in [5, 5.41) is 0.866. The van der Waals surface area contributed by atoms with Gasteiger partial charge < -0.3 is 0 Å². The third kappa shape index (κ3) is 4.05. The van der Waals surface area contributed by atoms with E-state index in [9.17, 15) is 4.39 Å². The van der Waals surface area contributed by atoms with Gasteiger partial charge >= 0.3 is 0 Å². The maximum atomic E-state index is 12.5. The first-order valence-electron chi connectivity index (χ1n) is 3.86. The van der Waals surface area contributed by atoms with Crippen LogP contribution in [-0.2, 0) is 0 Å². The molecule has 0 aliphatic rings. The molecule has 0 bridgehead atoms. The number of allylic oxidation sites excluding steroid dienone is 1. The third-order valence-electron chi connectivity index (χ3n) is 1.51. The first kappa shape index (κ1) is 10.9. The van der Waals surface area contributed by atoms with Crippen molar-refractivity contribution in [3.05, 3.63) is 41.7 Å². The maximum absolute atomic E-state index is 12.5. The molecular weight excluding hydrogens is 299 g/mol. The number of hydrogen-bond donors (Lipinski definition) is 0. The van der Waals surface area contributed by atoms with Crippen LogP contribution >= 0.6 is 31.9 Å². The van der Waals surface area contributed by atoms with Crippen molar-refractivity contribution >= 4 is 37.9 Å². The van der Waals surface area contributed by atoms with Gasteiger partial charge in [-0.05, 0) is 17.7 Å². The number of hydrogen-bond acceptors (Lipinski definition) is 0. The second-order valence-electron chi connectivity index (χ2n) is 2.58. The van der Waals surface area contributed by atoms with Crippen molar-refractivity contribution < 1.29 is 4.39 Å². The highest BCUT2D eigenvalue weighted by molar-refractivity contribution is 9.12. The highest BCUT2D eigenvalue weighted by Crippen LogP contribution is 2.09. The Bertz CT molecular complexity index is 279. The van der Waals surface area contributed by atoms with Crippen LogP contribution in [0.2, 0.25) is 0 Å². The van der Waals surface area contributed by atoms with E-state index in [1.165, 1.54) is 12.1 Å². The highest BCUT2D eigenvalue weighted by atomic mass is 79.9. The zero-order valence-corrected chi connectivity index (χ0v) is 10.1. The van der Waals surface area contributed by atoms with E-state index in [-0.39, 0.29) is 5.82 Å². The van der Waals surface area contributed by atoms with Crippen molar-refractivity contribution in [1.29, 1.82) is 0 Å². The van der Waals surface area contributed by atoms with Crippen molar-refractivity contribution in [2.75, 3.05) is 5.33 Å². The van der Waals surface area contributed by atoms with Gasteiger partial charge in [0.25, 0.3) is 0 Å². The molecule has 0 spiro atoms. The van der Waals surface area contributed by atoms with E-state index >= 15 is 0 Å². The van der Waals surface area contributed by atoms with Crippen molar-refractivity contribution in [1.82, 2.24) is 0 Å². The second kappa shape index (κ2) is 5.55. The van der Waals surface area contributed by atoms with Gasteiger partial charge in [0.2, 0.25) is 0 Å². The van der Waals surface area contributed by atoms with E-state index in [1.54, 1.807) is 12.1 Å². The molecule has 0 nitrogen and oxygen atoms in total. The monoisotopic (exact) mass is 306 g/mol. The summed E-state index contributed by atoms with van der Waals surface area (Å²) in [7, 11) is 0. The lowest BCUT2D eigenvalue weighted by atomic mass is 10.2. The minimum atomic E-state index is -0.201. The van der Waals surface area contributed by atoms with Crippen molar-refractivity contribution in [2.24, 2.45) is 0 Å². The van der Waals surface area contributed by atoms with E-state index in [4.69, 9.17) is 0 Å². The van der Waals surface area contributed by atoms with Gasteiger partial charge in [-0.2, -0.15) is 0 Å². The van der Waals surface area contributed by atoms with Gasteiger partial charge in [-0.3, -0.25) is 0 Å². The van der Waals surface area contributed by atoms with Crippen molar-refractivity contribution in [2.45, 2.75) is 4.83 Å². The van der Waals surface area contributed by atoms with E-state index < -0.39 is 0 Å². The molecule has 1 unspecified atom stereocenters. The fraction of sp³-hybridized carbons (Fsp3) is 0.200. The largest absolute Gasteiger partial charge is 0.207 e. The minimum Gasteiger partial charge on any atom is -0.207 e. The van der Waals surface area contributed by atoms with Crippen LogP contribution in [0.15, 0.2) is 30.3 Å². The molecule has 0 saturated heterocycles. The maximum Gasteiger partial charge on any atom is 0.123 e. The molecule has 0 aromatic heterocycles. The van der Waals surface area contributed by atoms with Gasteiger partial charge in [-0.15, -0.1) is 0 Å². The Labute approximate surface area is 94.1 Å². The van der Waals surface area contributed by atoms with E-state index in [1.807, 2.05) is 12.2 Å². The first-order chi connectivity index (χ1) is 6.22. The molecule has 0 fully saturated rings. The van der Waals surface area contributed by atoms with E-state index in [0.29, 0.717) is 4.83 Å². The number of alkyl halides is 2. The molecule has 1 rings (SSSR count). The Morgan fingerprint density at radius 2 is 1.92 bits per heavy atom. The smallest absolute Gasteiger partial charge is 0.123 e. The lowest BCUT2D eigenvalue weighted by Gasteiger charge is -1.96. The number of benzene rings is 1. The fourth-order valence-corrected chi connectivity index (χ4v) is 1.21. The molecule has 0 saturated carbocycles. The topological polar surface area (TPSA) is 0 Å². The zero-order valence-electron chi connectivity index (χ0n) is 6.88. The van der Waals surface area contributed by atoms with Crippen LogP contribution in [0.25, 0.3) is 6.08 Å². The van der Waals surface area contributed by atoms with Crippen LogP contribution in [0, 0.1) is 5.82 Å². The van der Waals surface area contributed by atoms with Gasteiger partial charge in [-0.25, -0.2) is 4.39 Å². The van der Waals surface area contributed by atoms with Crippen LogP contribution in [-0.4, -0.2) is 10.2 Å². The summed E-state index contributed by atoms with van der Waals surface area (Å²) in [6.45, 7) is 0. The van der Waals surface area contributed by atoms with Crippen LogP contribution in [0.3, 0.4) is 0 Å². The fourth-order valence-electron chi connectivity index (χ4n) is 0.841. The van der Waals surface area contributed by atoms with Gasteiger partial charge in [-0.1, -0.05) is 56.1 Å². The molecule has 3 heteroatoms. The second-order valence-corrected chi connectivity index (χ2v) is 4.40. The van der Waals surface area contributed by atoms with Crippen LogP contribution < -0.4 is 0 Å². The summed E-state index contributed by atoms with van der Waals surface area (Å²) in [5.74, 6) is -0.201. The minimum absolute atomic E-state index is 0.201. The van der Waals surface area contributed by atoms with Crippen LogP contribution in [0.5, 0.6) is 0 Å². The summed E-state index contributed by atoms with van der Waals surface area (Å²) >= 11 is 6.78. The van der Waals surface area contributed by atoms with E-state index in [0.717, 1.165) is 10.9 Å². The molecule has 1 aromatic rings. The Kier molecular flexibility index (Phi) is 4.67. The average Bonchev–Trinajstić information content (AvgIpc) is 2.16. The normalized spacial score (nSPS) is 13.5. The molecule has 1 aromatic carbocycles. The molecule has 0 aliphatic carbocycles. The van der Waals surface area contributed by atoms with Gasteiger partial charge in [0, 0.05) is 10.2 Å². The predicted molar refractivity (Wildman–Crippen MR) is 61.9 cm³/mol. The standard InChI is InChI=1S/C10H9Br2F/c11-7-9(12)4-1-8-2-5-10(13)6-3-8/h1-6,9H,7H2/b4-1+. The molecule has 0 aliphatic heterocycles. The van der Waals surface area contributed by atoms with Crippen molar-refractivity contribution in [3.8, 4) is 0 Å². The zero-order chi connectivity index (χ0) is 9.68. The summed E-state index contributed by atoms with van der Waals surface area (Å²) in [5.41, 5.74) is 1.01. The molecule has 0 N–H and O–H groups in total. The van der Waals surface area contributed by atoms with Gasteiger partial charge in [0.15, 0.2) is 0 Å². The Morgan fingerprint density at radius 3 is 2.46 bits per heavy atom. The number of halogens is 3. The Balaban J connectivity index is 2.64. The summed E-state index contributed by atoms with van der Waals surface area (Å²) in [6, 6.07) is 6.41. The van der Waals surface area contributed by atoms with Crippen LogP contribution in [0.1, 0.15) is 5.56 Å². The summed E-state index contributed by atoms with van der Waals surface area (Å²) in [4.78, 5) is 0.317. The average molecular weight is 308 g/mol. The molecule has 1 atom stereocenters. The molecule has 70 valence electrons. The lowest BCUT2D eigenvalue weighted by Crippen LogP contribution is -1.91. The molecule has 0 amide bonds. The van der Waals surface area contributed by atoms with Gasteiger partial charge in [0.1, 0.15) is 5.82 Å². The molecule has 13 heavy (non-hydrogen) atoms. The number of rotatable bonds is 3. The Hall–Kier alpha value is -0.150. The summed E-state index contributed by atoms with van der Waals surface area (Å²) < 4.78 is 12.5. The lowest BCUT2D eigenvalue weighted by molar-refractivity contribution is 0.628. The predicted octanol–water partition coefficient (Wildman–Crippen LogP) is 4.00. The molecular formula is C10H9Br2F.